The summed E-state index contributed by atoms with van der Waals surface area (Å²) >= 11 is 0. The summed E-state index contributed by atoms with van der Waals surface area (Å²) in [6, 6.07) is 14.7. The van der Waals surface area contributed by atoms with E-state index in [-0.39, 0.29) is 22.2 Å². The molecule has 0 fully saturated rings. The predicted octanol–water partition coefficient (Wildman–Crippen LogP) is 2.99. The Kier molecular flexibility index (Phi) is 3.84. The van der Waals surface area contributed by atoms with Gasteiger partial charge in [-0.15, -0.1) is 0 Å². The molecule has 9 heteroatoms. The molecule has 1 amide bonds. The number of aryl methyl sites for hydroxylation is 1. The first-order valence-electron chi connectivity index (χ1n) is 9.13. The molecule has 0 unspecified atom stereocenters. The second kappa shape index (κ2) is 6.33. The van der Waals surface area contributed by atoms with E-state index in [2.05, 4.69) is 15.0 Å². The van der Waals surface area contributed by atoms with Crippen LogP contribution in [0, 0.1) is 6.92 Å². The molecule has 1 aromatic heterocycles. The summed E-state index contributed by atoms with van der Waals surface area (Å²) in [5, 5.41) is 3.77. The molecule has 0 saturated carbocycles. The van der Waals surface area contributed by atoms with Gasteiger partial charge < -0.3 is 10.3 Å². The lowest BCUT2D eigenvalue weighted by Crippen LogP contribution is -2.20. The highest BCUT2D eigenvalue weighted by Gasteiger charge is 2.27. The molecule has 0 bridgehead atoms. The van der Waals surface area contributed by atoms with Crippen LogP contribution in [0.5, 0.6) is 0 Å². The fourth-order valence-corrected chi connectivity index (χ4v) is 5.09. The zero-order chi connectivity index (χ0) is 21.0. The zero-order valence-corrected chi connectivity index (χ0v) is 16.6. The second-order valence-corrected chi connectivity index (χ2v) is 8.64. The standard InChI is InChI=1S/C21H16N4O4S/c1-12-11-22-21(27)25(12)17-8-3-2-7-15(17)24-30(28,29)18-10-9-16-19-13(18)5-4-6-14(19)20(26)23-16/h2-11,24H,1H3,(H,22,27)(H,23,26). The summed E-state index contributed by atoms with van der Waals surface area (Å²) < 4.78 is 30.6. The van der Waals surface area contributed by atoms with E-state index in [1.165, 1.54) is 10.6 Å². The lowest BCUT2D eigenvalue weighted by atomic mass is 10.1. The number of H-pyrrole nitrogens is 1. The number of amides is 1. The van der Waals surface area contributed by atoms with E-state index in [0.29, 0.717) is 33.4 Å². The molecule has 1 aliphatic rings. The first-order valence-corrected chi connectivity index (χ1v) is 10.6. The molecule has 2 heterocycles. The Morgan fingerprint density at radius 2 is 1.77 bits per heavy atom. The van der Waals surface area contributed by atoms with Gasteiger partial charge in [-0.3, -0.25) is 14.1 Å². The third-order valence-electron chi connectivity index (χ3n) is 5.13. The SMILES string of the molecule is Cc1c[nH]c(=O)n1-c1ccccc1NS(=O)(=O)c1ccc2c3c(cccc13)C(=O)N2. The van der Waals surface area contributed by atoms with Crippen LogP contribution < -0.4 is 15.7 Å². The van der Waals surface area contributed by atoms with Crippen LogP contribution in [0.4, 0.5) is 11.4 Å². The molecule has 3 N–H and O–H groups in total. The number of para-hydroxylation sites is 2. The average molecular weight is 420 g/mol. The van der Waals surface area contributed by atoms with Gasteiger partial charge in [0.15, 0.2) is 0 Å². The van der Waals surface area contributed by atoms with E-state index >= 15 is 0 Å². The van der Waals surface area contributed by atoms with Gasteiger partial charge in [0.2, 0.25) is 0 Å². The maximum absolute atomic E-state index is 13.3. The summed E-state index contributed by atoms with van der Waals surface area (Å²) in [5.41, 5.74) is 1.97. The highest BCUT2D eigenvalue weighted by Crippen LogP contribution is 2.37. The Bertz CT molecular complexity index is 1520. The van der Waals surface area contributed by atoms with E-state index in [4.69, 9.17) is 0 Å². The van der Waals surface area contributed by atoms with Crippen LogP contribution in [-0.2, 0) is 10.0 Å². The Hall–Kier alpha value is -3.85. The first-order chi connectivity index (χ1) is 14.4. The van der Waals surface area contributed by atoms with Crippen molar-refractivity contribution in [3.05, 3.63) is 82.5 Å². The lowest BCUT2D eigenvalue weighted by molar-refractivity contribution is 0.103. The number of nitrogens with one attached hydrogen (secondary N) is 3. The van der Waals surface area contributed by atoms with Gasteiger partial charge in [-0.1, -0.05) is 24.3 Å². The van der Waals surface area contributed by atoms with Gasteiger partial charge in [0.1, 0.15) is 0 Å². The molecule has 0 aliphatic carbocycles. The van der Waals surface area contributed by atoms with Crippen LogP contribution >= 0.6 is 0 Å². The van der Waals surface area contributed by atoms with Crippen molar-refractivity contribution in [3.8, 4) is 5.69 Å². The Morgan fingerprint density at radius 1 is 0.967 bits per heavy atom. The summed E-state index contributed by atoms with van der Waals surface area (Å²) in [4.78, 5) is 27.0. The third-order valence-corrected chi connectivity index (χ3v) is 6.56. The summed E-state index contributed by atoms with van der Waals surface area (Å²) in [6.07, 6.45) is 1.56. The normalized spacial score (nSPS) is 12.9. The largest absolute Gasteiger partial charge is 0.330 e. The molecular weight excluding hydrogens is 404 g/mol. The van der Waals surface area contributed by atoms with Crippen molar-refractivity contribution in [3.63, 3.8) is 0 Å². The molecule has 8 nitrogen and oxygen atoms in total. The monoisotopic (exact) mass is 420 g/mol. The summed E-state index contributed by atoms with van der Waals surface area (Å²) in [7, 11) is -4.02. The molecule has 4 aromatic rings. The van der Waals surface area contributed by atoms with Crippen molar-refractivity contribution >= 4 is 38.1 Å². The summed E-state index contributed by atoms with van der Waals surface area (Å²) in [5.74, 6) is -0.259. The predicted molar refractivity (Wildman–Crippen MR) is 114 cm³/mol. The summed E-state index contributed by atoms with van der Waals surface area (Å²) in [6.45, 7) is 1.75. The quantitative estimate of drug-likeness (QED) is 0.471. The number of aromatic amines is 1. The number of benzene rings is 3. The molecular formula is C21H16N4O4S. The molecule has 0 spiro atoms. The maximum Gasteiger partial charge on any atom is 0.330 e. The molecule has 30 heavy (non-hydrogen) atoms. The van der Waals surface area contributed by atoms with Crippen molar-refractivity contribution in [1.82, 2.24) is 9.55 Å². The number of aromatic nitrogens is 2. The number of anilines is 2. The van der Waals surface area contributed by atoms with Crippen molar-refractivity contribution < 1.29 is 13.2 Å². The number of carbonyl (C=O) groups excluding carboxylic acids is 1. The van der Waals surface area contributed by atoms with Crippen LogP contribution in [0.3, 0.4) is 0 Å². The number of hydrogen-bond acceptors (Lipinski definition) is 4. The molecule has 0 radical (unpaired) electrons. The minimum absolute atomic E-state index is 0.0486. The fraction of sp³-hybridized carbons (Fsp3) is 0.0476. The fourth-order valence-electron chi connectivity index (χ4n) is 3.81. The van der Waals surface area contributed by atoms with Crippen LogP contribution in [0.25, 0.3) is 16.5 Å². The van der Waals surface area contributed by atoms with Gasteiger partial charge in [0.05, 0.1) is 16.3 Å². The van der Waals surface area contributed by atoms with Crippen LogP contribution in [0.15, 0.2) is 70.5 Å². The molecule has 150 valence electrons. The van der Waals surface area contributed by atoms with Crippen molar-refractivity contribution in [2.75, 3.05) is 10.0 Å². The minimum Gasteiger partial charge on any atom is -0.321 e. The van der Waals surface area contributed by atoms with E-state index in [1.54, 1.807) is 61.7 Å². The van der Waals surface area contributed by atoms with Gasteiger partial charge in [-0.25, -0.2) is 13.2 Å². The van der Waals surface area contributed by atoms with Crippen molar-refractivity contribution in [1.29, 1.82) is 0 Å². The number of sulfonamides is 1. The van der Waals surface area contributed by atoms with Crippen LogP contribution in [0.2, 0.25) is 0 Å². The van der Waals surface area contributed by atoms with Crippen molar-refractivity contribution in [2.45, 2.75) is 11.8 Å². The van der Waals surface area contributed by atoms with Crippen LogP contribution in [0.1, 0.15) is 16.1 Å². The first kappa shape index (κ1) is 18.2. The maximum atomic E-state index is 13.3. The van der Waals surface area contributed by atoms with Crippen LogP contribution in [-0.4, -0.2) is 23.9 Å². The van der Waals surface area contributed by atoms with Crippen molar-refractivity contribution in [2.24, 2.45) is 0 Å². The van der Waals surface area contributed by atoms with Gasteiger partial charge >= 0.3 is 5.69 Å². The zero-order valence-electron chi connectivity index (χ0n) is 15.8. The smallest absolute Gasteiger partial charge is 0.321 e. The topological polar surface area (TPSA) is 113 Å². The van der Waals surface area contributed by atoms with E-state index in [1.807, 2.05) is 0 Å². The van der Waals surface area contributed by atoms with E-state index in [9.17, 15) is 18.0 Å². The van der Waals surface area contributed by atoms with E-state index in [0.717, 1.165) is 0 Å². The van der Waals surface area contributed by atoms with E-state index < -0.39 is 10.0 Å². The van der Waals surface area contributed by atoms with Gasteiger partial charge in [-0.05, 0) is 37.3 Å². The number of imidazole rings is 1. The number of rotatable bonds is 4. The van der Waals surface area contributed by atoms with Gasteiger partial charge in [-0.2, -0.15) is 0 Å². The van der Waals surface area contributed by atoms with Gasteiger partial charge in [0.25, 0.3) is 15.9 Å². The average Bonchev–Trinajstić information content (AvgIpc) is 3.22. The Morgan fingerprint density at radius 3 is 2.53 bits per heavy atom. The molecule has 3 aromatic carbocycles. The minimum atomic E-state index is -4.02. The highest BCUT2D eigenvalue weighted by molar-refractivity contribution is 7.93. The third kappa shape index (κ3) is 2.63. The molecule has 5 rings (SSSR count). The molecule has 1 aliphatic heterocycles. The second-order valence-electron chi connectivity index (χ2n) is 6.99. The number of hydrogen-bond donors (Lipinski definition) is 3. The van der Waals surface area contributed by atoms with Gasteiger partial charge in [0, 0.05) is 33.9 Å². The number of carbonyl (C=O) groups is 1. The number of nitrogens with zero attached hydrogens (tertiary/aromatic N) is 1. The molecule has 0 saturated heterocycles. The molecule has 0 atom stereocenters. The highest BCUT2D eigenvalue weighted by atomic mass is 32.2. The lowest BCUT2D eigenvalue weighted by Gasteiger charge is -2.15. The Labute approximate surface area is 171 Å². The Balaban J connectivity index is 1.66.